The predicted octanol–water partition coefficient (Wildman–Crippen LogP) is 3.70. The molecule has 0 unspecified atom stereocenters. The third-order valence-electron chi connectivity index (χ3n) is 4.68. The summed E-state index contributed by atoms with van der Waals surface area (Å²) in [6.45, 7) is 3.33. The number of aromatic nitrogens is 2. The van der Waals surface area contributed by atoms with E-state index in [1.165, 1.54) is 5.56 Å². The molecule has 3 aromatic rings. The summed E-state index contributed by atoms with van der Waals surface area (Å²) in [6, 6.07) is 13.4. The molecule has 6 heteroatoms. The molecule has 26 heavy (non-hydrogen) atoms. The fraction of sp³-hybridized carbons (Fsp3) is 0.250. The summed E-state index contributed by atoms with van der Waals surface area (Å²) in [5.74, 6) is 0.203. The van der Waals surface area contributed by atoms with Crippen molar-refractivity contribution in [2.45, 2.75) is 26.3 Å². The first-order chi connectivity index (χ1) is 12.6. The van der Waals surface area contributed by atoms with E-state index in [2.05, 4.69) is 15.0 Å². The summed E-state index contributed by atoms with van der Waals surface area (Å²) >= 11 is 0. The molecule has 0 spiro atoms. The van der Waals surface area contributed by atoms with Gasteiger partial charge >= 0.3 is 5.97 Å². The van der Waals surface area contributed by atoms with Gasteiger partial charge in [0.1, 0.15) is 0 Å². The molecule has 0 bridgehead atoms. The zero-order chi connectivity index (χ0) is 18.1. The second-order valence-electron chi connectivity index (χ2n) is 6.51. The summed E-state index contributed by atoms with van der Waals surface area (Å²) in [5.41, 5.74) is 4.28. The van der Waals surface area contributed by atoms with E-state index >= 15 is 0 Å². The first kappa shape index (κ1) is 16.3. The Bertz CT molecular complexity index is 947. The van der Waals surface area contributed by atoms with E-state index in [0.717, 1.165) is 36.2 Å². The number of carboxylic acids is 1. The molecule has 1 aliphatic rings. The van der Waals surface area contributed by atoms with Crippen LogP contribution in [-0.2, 0) is 13.0 Å². The van der Waals surface area contributed by atoms with Crippen LogP contribution >= 0.6 is 0 Å². The van der Waals surface area contributed by atoms with Crippen molar-refractivity contribution >= 4 is 11.7 Å². The van der Waals surface area contributed by atoms with E-state index in [1.807, 2.05) is 37.3 Å². The molecule has 4 rings (SSSR count). The highest BCUT2D eigenvalue weighted by molar-refractivity contribution is 5.91. The second-order valence-corrected chi connectivity index (χ2v) is 6.51. The van der Waals surface area contributed by atoms with Gasteiger partial charge in [-0.2, -0.15) is 4.98 Å². The summed E-state index contributed by atoms with van der Waals surface area (Å²) in [4.78, 5) is 18.1. The van der Waals surface area contributed by atoms with Crippen LogP contribution in [0.25, 0.3) is 11.4 Å². The normalized spacial score (nSPS) is 13.5. The van der Waals surface area contributed by atoms with Gasteiger partial charge in [-0.3, -0.25) is 0 Å². The number of rotatable bonds is 4. The zero-order valence-corrected chi connectivity index (χ0v) is 14.5. The van der Waals surface area contributed by atoms with Crippen LogP contribution in [0.5, 0.6) is 0 Å². The molecule has 0 amide bonds. The molecule has 0 saturated heterocycles. The molecular formula is C20H19N3O3. The number of aryl methyl sites for hydroxylation is 1. The Morgan fingerprint density at radius 2 is 2.04 bits per heavy atom. The van der Waals surface area contributed by atoms with Crippen molar-refractivity contribution in [3.8, 4) is 11.4 Å². The first-order valence-electron chi connectivity index (χ1n) is 8.61. The van der Waals surface area contributed by atoms with Gasteiger partial charge in [0.25, 0.3) is 0 Å². The minimum Gasteiger partial charge on any atom is -0.478 e. The van der Waals surface area contributed by atoms with Gasteiger partial charge in [-0.1, -0.05) is 41.1 Å². The van der Waals surface area contributed by atoms with Crippen LogP contribution < -0.4 is 4.90 Å². The highest BCUT2D eigenvalue weighted by atomic mass is 16.5. The molecule has 6 nitrogen and oxygen atoms in total. The number of fused-ring (bicyclic) bond motifs is 1. The van der Waals surface area contributed by atoms with Crippen LogP contribution in [0, 0.1) is 6.92 Å². The largest absolute Gasteiger partial charge is 0.478 e. The third-order valence-corrected chi connectivity index (χ3v) is 4.68. The highest BCUT2D eigenvalue weighted by Crippen LogP contribution is 2.31. The van der Waals surface area contributed by atoms with Crippen LogP contribution in [0.15, 0.2) is 47.0 Å². The predicted molar refractivity (Wildman–Crippen MR) is 97.2 cm³/mol. The standard InChI is InChI=1S/C20H19N3O3/c1-13-7-9-14(10-8-13)19-21-18(26-22-19)12-23-11-3-5-15-16(20(24)25)4-2-6-17(15)23/h2,4,6-10H,3,5,11-12H2,1H3,(H,24,25). The highest BCUT2D eigenvalue weighted by Gasteiger charge is 2.23. The maximum Gasteiger partial charge on any atom is 0.336 e. The molecule has 2 heterocycles. The molecule has 2 aromatic carbocycles. The van der Waals surface area contributed by atoms with Crippen molar-refractivity contribution in [3.05, 3.63) is 65.0 Å². The van der Waals surface area contributed by atoms with Gasteiger partial charge in [0.2, 0.25) is 11.7 Å². The van der Waals surface area contributed by atoms with Gasteiger partial charge in [0.05, 0.1) is 12.1 Å². The van der Waals surface area contributed by atoms with E-state index in [1.54, 1.807) is 12.1 Å². The molecular weight excluding hydrogens is 330 g/mol. The summed E-state index contributed by atoms with van der Waals surface area (Å²) in [7, 11) is 0. The Morgan fingerprint density at radius 3 is 2.81 bits per heavy atom. The molecule has 0 fully saturated rings. The van der Waals surface area contributed by atoms with Crippen LogP contribution in [0.2, 0.25) is 0 Å². The number of anilines is 1. The summed E-state index contributed by atoms with van der Waals surface area (Å²) < 4.78 is 5.43. The molecule has 1 aromatic heterocycles. The average Bonchev–Trinajstić information content (AvgIpc) is 3.10. The lowest BCUT2D eigenvalue weighted by atomic mass is 9.96. The maximum atomic E-state index is 11.5. The van der Waals surface area contributed by atoms with Gasteiger partial charge in [0, 0.05) is 17.8 Å². The van der Waals surface area contributed by atoms with E-state index in [0.29, 0.717) is 23.8 Å². The minimum absolute atomic E-state index is 0.373. The topological polar surface area (TPSA) is 79.5 Å². The Labute approximate surface area is 151 Å². The van der Waals surface area contributed by atoms with E-state index < -0.39 is 5.97 Å². The van der Waals surface area contributed by atoms with Gasteiger partial charge in [0.15, 0.2) is 0 Å². The van der Waals surface area contributed by atoms with E-state index in [4.69, 9.17) is 4.52 Å². The fourth-order valence-electron chi connectivity index (χ4n) is 3.37. The monoisotopic (exact) mass is 349 g/mol. The van der Waals surface area contributed by atoms with Crippen molar-refractivity contribution in [2.24, 2.45) is 0 Å². The Morgan fingerprint density at radius 1 is 1.23 bits per heavy atom. The number of nitrogens with zero attached hydrogens (tertiary/aromatic N) is 3. The molecule has 0 atom stereocenters. The number of aromatic carboxylic acids is 1. The Kier molecular flexibility index (Phi) is 4.16. The molecule has 0 radical (unpaired) electrons. The lowest BCUT2D eigenvalue weighted by molar-refractivity contribution is 0.0695. The van der Waals surface area contributed by atoms with E-state index in [-0.39, 0.29) is 0 Å². The lowest BCUT2D eigenvalue weighted by Crippen LogP contribution is -2.30. The molecule has 1 aliphatic heterocycles. The summed E-state index contributed by atoms with van der Waals surface area (Å²) in [6.07, 6.45) is 1.67. The average molecular weight is 349 g/mol. The Hall–Kier alpha value is -3.15. The van der Waals surface area contributed by atoms with Crippen LogP contribution in [0.1, 0.15) is 33.8 Å². The molecule has 0 aliphatic carbocycles. The number of carboxylic acid groups (broad SMARTS) is 1. The van der Waals surface area contributed by atoms with E-state index in [9.17, 15) is 9.90 Å². The molecule has 132 valence electrons. The van der Waals surface area contributed by atoms with Gasteiger partial charge in [-0.25, -0.2) is 4.79 Å². The van der Waals surface area contributed by atoms with Crippen LogP contribution in [0.3, 0.4) is 0 Å². The van der Waals surface area contributed by atoms with Crippen molar-refractivity contribution < 1.29 is 14.4 Å². The maximum absolute atomic E-state index is 11.5. The van der Waals surface area contributed by atoms with Crippen molar-refractivity contribution in [2.75, 3.05) is 11.4 Å². The number of hydrogen-bond donors (Lipinski definition) is 1. The quantitative estimate of drug-likeness (QED) is 0.774. The van der Waals surface area contributed by atoms with Crippen molar-refractivity contribution in [1.29, 1.82) is 0 Å². The van der Waals surface area contributed by atoms with Crippen molar-refractivity contribution in [1.82, 2.24) is 10.1 Å². The zero-order valence-electron chi connectivity index (χ0n) is 14.5. The lowest BCUT2D eigenvalue weighted by Gasteiger charge is -2.30. The first-order valence-corrected chi connectivity index (χ1v) is 8.61. The second kappa shape index (κ2) is 6.63. The van der Waals surface area contributed by atoms with Crippen LogP contribution in [-0.4, -0.2) is 27.8 Å². The molecule has 0 saturated carbocycles. The van der Waals surface area contributed by atoms with Crippen LogP contribution in [0.4, 0.5) is 5.69 Å². The Balaban J connectivity index is 1.59. The SMILES string of the molecule is Cc1ccc(-c2noc(CN3CCCc4c(C(=O)O)cccc43)n2)cc1. The fourth-order valence-corrected chi connectivity index (χ4v) is 3.37. The summed E-state index contributed by atoms with van der Waals surface area (Å²) in [5, 5.41) is 13.5. The molecule has 1 N–H and O–H groups in total. The number of benzene rings is 2. The van der Waals surface area contributed by atoms with Crippen molar-refractivity contribution in [3.63, 3.8) is 0 Å². The minimum atomic E-state index is -0.886. The number of hydrogen-bond acceptors (Lipinski definition) is 5. The van der Waals surface area contributed by atoms with Gasteiger partial charge < -0.3 is 14.5 Å². The smallest absolute Gasteiger partial charge is 0.336 e. The van der Waals surface area contributed by atoms with Gasteiger partial charge in [-0.15, -0.1) is 0 Å². The van der Waals surface area contributed by atoms with Gasteiger partial charge in [-0.05, 0) is 37.5 Å². The number of carbonyl (C=O) groups is 1. The third kappa shape index (κ3) is 3.06.